The summed E-state index contributed by atoms with van der Waals surface area (Å²) in [7, 11) is 0. The monoisotopic (exact) mass is 391 g/mol. The van der Waals surface area contributed by atoms with Crippen molar-refractivity contribution in [3.05, 3.63) is 59.2 Å². The predicted molar refractivity (Wildman–Crippen MR) is 116 cm³/mol. The van der Waals surface area contributed by atoms with Crippen LogP contribution in [0.4, 0.5) is 11.4 Å². The van der Waals surface area contributed by atoms with E-state index in [0.29, 0.717) is 19.5 Å². The molecule has 5 nitrogen and oxygen atoms in total. The van der Waals surface area contributed by atoms with Crippen LogP contribution in [0.15, 0.2) is 42.5 Å². The van der Waals surface area contributed by atoms with Gasteiger partial charge in [-0.05, 0) is 56.0 Å². The molecule has 1 saturated carbocycles. The number of carbonyl (C=O) groups is 2. The van der Waals surface area contributed by atoms with Gasteiger partial charge in [-0.1, -0.05) is 30.3 Å². The van der Waals surface area contributed by atoms with Crippen LogP contribution in [0.2, 0.25) is 0 Å². The quantitative estimate of drug-likeness (QED) is 0.867. The van der Waals surface area contributed by atoms with Crippen molar-refractivity contribution in [2.24, 2.45) is 11.8 Å². The lowest BCUT2D eigenvalue weighted by molar-refractivity contribution is -0.134. The molecule has 1 aliphatic heterocycles. The average molecular weight is 392 g/mol. The van der Waals surface area contributed by atoms with E-state index in [4.69, 9.17) is 0 Å². The lowest BCUT2D eigenvalue weighted by Crippen LogP contribution is -2.49. The molecule has 1 N–H and O–H groups in total. The van der Waals surface area contributed by atoms with Crippen LogP contribution < -0.4 is 10.2 Å². The van der Waals surface area contributed by atoms with E-state index in [1.54, 1.807) is 0 Å². The first-order chi connectivity index (χ1) is 13.9. The molecule has 2 aromatic rings. The zero-order chi connectivity index (χ0) is 20.5. The number of amides is 2. The number of anilines is 2. The Morgan fingerprint density at radius 3 is 2.21 bits per heavy atom. The highest BCUT2D eigenvalue weighted by Crippen LogP contribution is 2.41. The molecule has 0 bridgehead atoms. The number of rotatable bonds is 4. The van der Waals surface area contributed by atoms with E-state index in [2.05, 4.69) is 41.4 Å². The molecule has 2 fully saturated rings. The molecule has 2 aliphatic rings. The molecule has 0 aromatic heterocycles. The third kappa shape index (κ3) is 4.14. The number of hydrogen-bond donors (Lipinski definition) is 1. The van der Waals surface area contributed by atoms with Crippen molar-refractivity contribution in [1.82, 2.24) is 4.90 Å². The topological polar surface area (TPSA) is 52.7 Å². The summed E-state index contributed by atoms with van der Waals surface area (Å²) in [6.45, 7) is 9.18. The Hall–Kier alpha value is -2.82. The van der Waals surface area contributed by atoms with Gasteiger partial charge in [0, 0.05) is 37.6 Å². The first kappa shape index (κ1) is 19.5. The largest absolute Gasteiger partial charge is 0.368 e. The van der Waals surface area contributed by atoms with Crippen LogP contribution in [0.5, 0.6) is 0 Å². The molecular weight excluding hydrogens is 362 g/mol. The first-order valence-corrected chi connectivity index (χ1v) is 10.4. The average Bonchev–Trinajstić information content (AvgIpc) is 3.51. The van der Waals surface area contributed by atoms with Gasteiger partial charge in [0.25, 0.3) is 0 Å². The van der Waals surface area contributed by atoms with Crippen molar-refractivity contribution >= 4 is 23.2 Å². The minimum absolute atomic E-state index is 0.0286. The Morgan fingerprint density at radius 1 is 0.897 bits per heavy atom. The van der Waals surface area contributed by atoms with Gasteiger partial charge < -0.3 is 15.1 Å². The highest BCUT2D eigenvalue weighted by molar-refractivity contribution is 6.00. The fraction of sp³-hybridized carbons (Fsp3) is 0.417. The highest BCUT2D eigenvalue weighted by Gasteiger charge is 2.49. The van der Waals surface area contributed by atoms with Crippen LogP contribution in [0, 0.1) is 32.6 Å². The van der Waals surface area contributed by atoms with E-state index in [-0.39, 0.29) is 23.7 Å². The van der Waals surface area contributed by atoms with Crippen LogP contribution in [0.1, 0.15) is 23.1 Å². The molecule has 0 spiro atoms. The summed E-state index contributed by atoms with van der Waals surface area (Å²) in [6, 6.07) is 14.5. The Balaban J connectivity index is 1.31. The van der Waals surface area contributed by atoms with Crippen LogP contribution in [-0.2, 0) is 9.59 Å². The summed E-state index contributed by atoms with van der Waals surface area (Å²) in [5.41, 5.74) is 5.44. The normalized spacial score (nSPS) is 21.1. The Bertz CT molecular complexity index is 911. The van der Waals surface area contributed by atoms with Gasteiger partial charge in [-0.15, -0.1) is 0 Å². The molecule has 5 heteroatoms. The fourth-order valence-electron chi connectivity index (χ4n) is 4.23. The van der Waals surface area contributed by atoms with Gasteiger partial charge in [-0.2, -0.15) is 0 Å². The van der Waals surface area contributed by atoms with Crippen molar-refractivity contribution in [2.75, 3.05) is 36.4 Å². The van der Waals surface area contributed by atoms with Crippen molar-refractivity contribution in [3.63, 3.8) is 0 Å². The van der Waals surface area contributed by atoms with Gasteiger partial charge in [0.15, 0.2) is 0 Å². The van der Waals surface area contributed by atoms with Crippen LogP contribution in [-0.4, -0.2) is 42.9 Å². The zero-order valence-electron chi connectivity index (χ0n) is 17.4. The summed E-state index contributed by atoms with van der Waals surface area (Å²) < 4.78 is 0. The Morgan fingerprint density at radius 2 is 1.55 bits per heavy atom. The Kier molecular flexibility index (Phi) is 5.31. The third-order valence-corrected chi connectivity index (χ3v) is 6.13. The minimum atomic E-state index is -0.198. The van der Waals surface area contributed by atoms with E-state index in [1.165, 1.54) is 11.3 Å². The van der Waals surface area contributed by atoms with Crippen LogP contribution in [0.3, 0.4) is 0 Å². The zero-order valence-corrected chi connectivity index (χ0v) is 17.4. The van der Waals surface area contributed by atoms with Crippen molar-refractivity contribution < 1.29 is 9.59 Å². The van der Waals surface area contributed by atoms with Gasteiger partial charge in [-0.3, -0.25) is 9.59 Å². The number of hydrogen-bond acceptors (Lipinski definition) is 3. The standard InChI is InChI=1S/C24H29N3O2/c1-16-6-4-9-19(14-16)26-10-12-27(13-11-26)24(29)21-15-20(21)23(28)25-22-17(2)7-5-8-18(22)3/h4-9,14,20-21H,10-13,15H2,1-3H3,(H,25,28). The molecule has 0 radical (unpaired) electrons. The number of nitrogens with one attached hydrogen (secondary N) is 1. The molecular formula is C24H29N3O2. The second-order valence-corrected chi connectivity index (χ2v) is 8.36. The number of carbonyl (C=O) groups excluding carboxylic acids is 2. The Labute approximate surface area is 172 Å². The molecule has 4 rings (SSSR count). The molecule has 1 aliphatic carbocycles. The van der Waals surface area contributed by atoms with Gasteiger partial charge in [0.1, 0.15) is 0 Å². The maximum Gasteiger partial charge on any atom is 0.228 e. The minimum Gasteiger partial charge on any atom is -0.368 e. The van der Waals surface area contributed by atoms with E-state index in [0.717, 1.165) is 29.9 Å². The second kappa shape index (κ2) is 7.90. The van der Waals surface area contributed by atoms with E-state index >= 15 is 0 Å². The molecule has 2 aromatic carbocycles. The summed E-state index contributed by atoms with van der Waals surface area (Å²) in [6.07, 6.45) is 0.660. The predicted octanol–water partition coefficient (Wildman–Crippen LogP) is 3.54. The van der Waals surface area contributed by atoms with Crippen LogP contribution >= 0.6 is 0 Å². The first-order valence-electron chi connectivity index (χ1n) is 10.4. The lowest BCUT2D eigenvalue weighted by atomic mass is 10.1. The van der Waals surface area contributed by atoms with E-state index in [9.17, 15) is 9.59 Å². The molecule has 2 atom stereocenters. The van der Waals surface area contributed by atoms with Crippen LogP contribution in [0.25, 0.3) is 0 Å². The summed E-state index contributed by atoms with van der Waals surface area (Å²) in [5, 5.41) is 3.04. The third-order valence-electron chi connectivity index (χ3n) is 6.13. The van der Waals surface area contributed by atoms with Gasteiger partial charge in [0.2, 0.25) is 11.8 Å². The molecule has 2 amide bonds. The summed E-state index contributed by atoms with van der Waals surface area (Å²) >= 11 is 0. The smallest absolute Gasteiger partial charge is 0.228 e. The van der Waals surface area contributed by atoms with Crippen molar-refractivity contribution in [3.8, 4) is 0 Å². The maximum absolute atomic E-state index is 12.9. The van der Waals surface area contributed by atoms with E-state index < -0.39 is 0 Å². The SMILES string of the molecule is Cc1cccc(N2CCN(C(=O)C3CC3C(=O)Nc3c(C)cccc3C)CC2)c1. The van der Waals surface area contributed by atoms with Crippen molar-refractivity contribution in [2.45, 2.75) is 27.2 Å². The molecule has 152 valence electrons. The highest BCUT2D eigenvalue weighted by atomic mass is 16.2. The number of benzene rings is 2. The number of piperazine rings is 1. The number of aryl methyl sites for hydroxylation is 3. The van der Waals surface area contributed by atoms with Gasteiger partial charge in [-0.25, -0.2) is 0 Å². The van der Waals surface area contributed by atoms with Crippen molar-refractivity contribution in [1.29, 1.82) is 0 Å². The molecule has 1 saturated heterocycles. The fourth-order valence-corrected chi connectivity index (χ4v) is 4.23. The summed E-state index contributed by atoms with van der Waals surface area (Å²) in [4.78, 5) is 29.8. The molecule has 29 heavy (non-hydrogen) atoms. The molecule has 2 unspecified atom stereocenters. The number of para-hydroxylation sites is 1. The number of nitrogens with zero attached hydrogens (tertiary/aromatic N) is 2. The maximum atomic E-state index is 12.9. The summed E-state index contributed by atoms with van der Waals surface area (Å²) in [5.74, 6) is -0.254. The second-order valence-electron chi connectivity index (χ2n) is 8.36. The van der Waals surface area contributed by atoms with E-state index in [1.807, 2.05) is 36.9 Å². The van der Waals surface area contributed by atoms with Gasteiger partial charge >= 0.3 is 0 Å². The molecule has 1 heterocycles. The lowest BCUT2D eigenvalue weighted by Gasteiger charge is -2.36. The van der Waals surface area contributed by atoms with Gasteiger partial charge in [0.05, 0.1) is 11.8 Å².